The fourth-order valence-corrected chi connectivity index (χ4v) is 3.99. The number of hydrogen-bond donors (Lipinski definition) is 0. The van der Waals surface area contributed by atoms with E-state index in [2.05, 4.69) is 11.2 Å². The van der Waals surface area contributed by atoms with Crippen LogP contribution in [0.3, 0.4) is 0 Å². The van der Waals surface area contributed by atoms with Crippen molar-refractivity contribution in [1.29, 1.82) is 0 Å². The number of ketones is 1. The topological polar surface area (TPSA) is 32.7 Å². The van der Waals surface area contributed by atoms with Gasteiger partial charge in [-0.1, -0.05) is 0 Å². The monoisotopic (exact) mass is 376 g/mol. The molecule has 0 bridgehead atoms. The van der Waals surface area contributed by atoms with E-state index in [0.29, 0.717) is 9.63 Å². The average Bonchev–Trinajstić information content (AvgIpc) is 2.95. The van der Waals surface area contributed by atoms with E-state index in [-0.39, 0.29) is 20.7 Å². The van der Waals surface area contributed by atoms with Crippen LogP contribution in [-0.2, 0) is 4.79 Å². The number of nitrogens with zero attached hydrogens (tertiary/aromatic N) is 2. The number of hydrogen-bond acceptors (Lipinski definition) is 3. The summed E-state index contributed by atoms with van der Waals surface area (Å²) < 4.78 is 1.67. The predicted molar refractivity (Wildman–Crippen MR) is 92.2 cm³/mol. The van der Waals surface area contributed by atoms with E-state index in [1.54, 1.807) is 6.92 Å². The van der Waals surface area contributed by atoms with Gasteiger partial charge in [0.15, 0.2) is 0 Å². The third-order valence-corrected chi connectivity index (χ3v) is 5.54. The van der Waals surface area contributed by atoms with Crippen LogP contribution < -0.4 is 5.01 Å². The second-order valence-corrected chi connectivity index (χ2v) is 7.30. The Balaban J connectivity index is 1.99. The van der Waals surface area contributed by atoms with Gasteiger partial charge in [0.1, 0.15) is 0 Å². The first-order valence-electron chi connectivity index (χ1n) is 6.73. The predicted octanol–water partition coefficient (Wildman–Crippen LogP) is 3.77. The van der Waals surface area contributed by atoms with Crippen molar-refractivity contribution in [2.24, 2.45) is 5.10 Å². The molecule has 0 aliphatic carbocycles. The van der Waals surface area contributed by atoms with Crippen LogP contribution in [-0.4, -0.2) is 25.4 Å². The van der Waals surface area contributed by atoms with E-state index >= 15 is 0 Å². The Labute approximate surface area is 140 Å². The summed E-state index contributed by atoms with van der Waals surface area (Å²) in [6.07, 6.45) is 2.06. The average molecular weight is 376 g/mol. The number of carbonyl (C=O) groups excluding carboxylic acids is 1. The van der Waals surface area contributed by atoms with E-state index in [0.717, 1.165) is 15.8 Å². The van der Waals surface area contributed by atoms with Gasteiger partial charge in [0.05, 0.1) is 0 Å². The Morgan fingerprint density at radius 3 is 2.45 bits per heavy atom. The summed E-state index contributed by atoms with van der Waals surface area (Å²) in [5.41, 5.74) is 2.00. The molecule has 0 saturated carbocycles. The Morgan fingerprint density at radius 1 is 1.14 bits per heavy atom. The summed E-state index contributed by atoms with van der Waals surface area (Å²) in [6.45, 7) is 1.56. The number of para-hydroxylation sites is 1. The number of hydrazone groups is 1. The summed E-state index contributed by atoms with van der Waals surface area (Å²) in [5, 5.41) is 7.05. The van der Waals surface area contributed by atoms with E-state index in [1.807, 2.05) is 59.6 Å². The molecule has 1 aliphatic rings. The SMILES string of the molecule is CC(=O)C1=NN(c2ccccc2)/C(=C/c2ccc(Cl)cc2)[Se]1. The van der Waals surface area contributed by atoms with Crippen LogP contribution in [0.1, 0.15) is 12.5 Å². The van der Waals surface area contributed by atoms with Gasteiger partial charge in [-0.15, -0.1) is 0 Å². The zero-order chi connectivity index (χ0) is 15.5. The molecule has 0 unspecified atom stereocenters. The maximum atomic E-state index is 11.7. The van der Waals surface area contributed by atoms with Crippen LogP contribution in [0.5, 0.6) is 0 Å². The molecule has 2 aromatic rings. The molecule has 3 rings (SSSR count). The first kappa shape index (κ1) is 15.0. The quantitative estimate of drug-likeness (QED) is 0.765. The summed E-state index contributed by atoms with van der Waals surface area (Å²) >= 11 is 5.83. The maximum absolute atomic E-state index is 11.7. The van der Waals surface area contributed by atoms with Crippen LogP contribution in [0.4, 0.5) is 5.69 Å². The fourth-order valence-electron chi connectivity index (χ4n) is 1.99. The van der Waals surface area contributed by atoms with Gasteiger partial charge in [0.2, 0.25) is 0 Å². The number of Topliss-reactive ketones (excluding diaryl/α,β-unsaturated/α-hetero) is 1. The molecule has 0 saturated heterocycles. The molecule has 2 aromatic carbocycles. The van der Waals surface area contributed by atoms with E-state index in [9.17, 15) is 4.79 Å². The first-order valence-corrected chi connectivity index (χ1v) is 8.82. The van der Waals surface area contributed by atoms with Crippen molar-refractivity contribution in [2.45, 2.75) is 6.92 Å². The van der Waals surface area contributed by atoms with Gasteiger partial charge in [0.25, 0.3) is 0 Å². The molecule has 0 N–H and O–H groups in total. The molecule has 1 aliphatic heterocycles. The number of rotatable bonds is 3. The zero-order valence-corrected chi connectivity index (χ0v) is 14.3. The molecule has 110 valence electrons. The standard InChI is InChI=1S/C17H13ClN2OSe/c1-12(21)17-19-20(15-5-3-2-4-6-15)16(22-17)11-13-7-9-14(18)10-8-13/h2-11H,1H3/b16-11-. The van der Waals surface area contributed by atoms with E-state index in [1.165, 1.54) is 0 Å². The minimum atomic E-state index is -0.0959. The van der Waals surface area contributed by atoms with Gasteiger partial charge in [-0.2, -0.15) is 0 Å². The van der Waals surface area contributed by atoms with Crippen LogP contribution in [0, 0.1) is 0 Å². The van der Waals surface area contributed by atoms with Gasteiger partial charge in [-0.05, 0) is 0 Å². The molecule has 0 amide bonds. The Hall–Kier alpha value is -1.87. The third-order valence-electron chi connectivity index (χ3n) is 3.06. The Morgan fingerprint density at radius 2 is 1.82 bits per heavy atom. The summed E-state index contributed by atoms with van der Waals surface area (Å²) in [6, 6.07) is 17.5. The molecule has 0 radical (unpaired) electrons. The zero-order valence-electron chi connectivity index (χ0n) is 11.9. The summed E-state index contributed by atoms with van der Waals surface area (Å²) in [5.74, 6) is 0.0282. The van der Waals surface area contributed by atoms with Crippen LogP contribution in [0.2, 0.25) is 5.02 Å². The fraction of sp³-hybridized carbons (Fsp3) is 0.0588. The van der Waals surface area contributed by atoms with Gasteiger partial charge >= 0.3 is 140 Å². The van der Waals surface area contributed by atoms with Gasteiger partial charge in [0, 0.05) is 0 Å². The van der Waals surface area contributed by atoms with E-state index in [4.69, 9.17) is 11.6 Å². The van der Waals surface area contributed by atoms with Crippen molar-refractivity contribution < 1.29 is 4.79 Å². The van der Waals surface area contributed by atoms with Crippen molar-refractivity contribution in [1.82, 2.24) is 0 Å². The summed E-state index contributed by atoms with van der Waals surface area (Å²) in [4.78, 5) is 11.7. The molecule has 1 heterocycles. The van der Waals surface area contributed by atoms with Crippen LogP contribution in [0.25, 0.3) is 6.08 Å². The molecule has 22 heavy (non-hydrogen) atoms. The molecular weight excluding hydrogens is 363 g/mol. The Bertz CT molecular complexity index is 754. The molecule has 0 fully saturated rings. The Kier molecular flexibility index (Phi) is 4.44. The minimum absolute atomic E-state index is 0.0282. The molecular formula is C17H13ClN2OSe. The summed E-state index contributed by atoms with van der Waals surface area (Å²) in [7, 11) is 0. The van der Waals surface area contributed by atoms with Crippen molar-refractivity contribution in [3.63, 3.8) is 0 Å². The van der Waals surface area contributed by atoms with Gasteiger partial charge in [-0.25, -0.2) is 0 Å². The molecule has 0 atom stereocenters. The van der Waals surface area contributed by atoms with Gasteiger partial charge < -0.3 is 0 Å². The second-order valence-electron chi connectivity index (χ2n) is 4.74. The molecule has 0 aromatic heterocycles. The van der Waals surface area contributed by atoms with Crippen molar-refractivity contribution in [3.05, 3.63) is 69.8 Å². The third kappa shape index (κ3) is 3.30. The molecule has 3 nitrogen and oxygen atoms in total. The number of halogens is 1. The van der Waals surface area contributed by atoms with Gasteiger partial charge in [-0.3, -0.25) is 0 Å². The van der Waals surface area contributed by atoms with Crippen LogP contribution in [0.15, 0.2) is 64.3 Å². The number of anilines is 1. The first-order chi connectivity index (χ1) is 10.6. The van der Waals surface area contributed by atoms with Crippen molar-refractivity contribution in [3.8, 4) is 0 Å². The van der Waals surface area contributed by atoms with Crippen LogP contribution >= 0.6 is 11.6 Å². The molecule has 5 heteroatoms. The second kappa shape index (κ2) is 6.49. The number of carbonyl (C=O) groups is 1. The van der Waals surface area contributed by atoms with Crippen molar-refractivity contribution >= 4 is 48.7 Å². The van der Waals surface area contributed by atoms with E-state index < -0.39 is 0 Å². The van der Waals surface area contributed by atoms with Crippen molar-refractivity contribution in [2.75, 3.05) is 5.01 Å². The normalized spacial score (nSPS) is 16.0. The molecule has 0 spiro atoms. The number of benzene rings is 2.